The Morgan fingerprint density at radius 3 is 2.95 bits per heavy atom. The van der Waals surface area contributed by atoms with Crippen LogP contribution in [0.2, 0.25) is 0 Å². The van der Waals surface area contributed by atoms with Gasteiger partial charge in [-0.3, -0.25) is 14.4 Å². The number of aliphatic hydroxyl groups is 1. The number of nitrogens with zero attached hydrogens (tertiary/aromatic N) is 3. The maximum atomic E-state index is 11.5. The molecule has 1 aliphatic heterocycles. The first kappa shape index (κ1) is 15.0. The van der Waals surface area contributed by atoms with E-state index in [1.165, 1.54) is 7.11 Å². The highest BCUT2D eigenvalue weighted by atomic mass is 16.5. The van der Waals surface area contributed by atoms with E-state index in [4.69, 9.17) is 4.74 Å². The molecule has 2 N–H and O–H groups in total. The molecule has 2 atom stereocenters. The van der Waals surface area contributed by atoms with Crippen LogP contribution in [0.25, 0.3) is 0 Å². The number of nitrogens with one attached hydrogen (secondary N) is 1. The van der Waals surface area contributed by atoms with Crippen molar-refractivity contribution in [1.82, 2.24) is 20.0 Å². The van der Waals surface area contributed by atoms with Crippen molar-refractivity contribution in [1.29, 1.82) is 0 Å². The number of carbonyl (C=O) groups is 1. The number of hydrogen-bond acceptors (Lipinski definition) is 5. The van der Waals surface area contributed by atoms with Crippen LogP contribution < -0.4 is 5.32 Å². The highest BCUT2D eigenvalue weighted by Crippen LogP contribution is 2.16. The Morgan fingerprint density at radius 2 is 2.35 bits per heavy atom. The van der Waals surface area contributed by atoms with E-state index >= 15 is 0 Å². The van der Waals surface area contributed by atoms with Crippen molar-refractivity contribution in [3.8, 4) is 0 Å². The van der Waals surface area contributed by atoms with Crippen molar-refractivity contribution in [3.05, 3.63) is 17.5 Å². The molecular formula is C13H22N4O3. The predicted octanol–water partition coefficient (Wildman–Crippen LogP) is -0.964. The fourth-order valence-corrected chi connectivity index (χ4v) is 2.46. The van der Waals surface area contributed by atoms with Crippen LogP contribution in [0.15, 0.2) is 6.20 Å². The lowest BCUT2D eigenvalue weighted by Gasteiger charge is -2.16. The minimum atomic E-state index is -0.548. The van der Waals surface area contributed by atoms with Crippen LogP contribution in [0.1, 0.15) is 11.3 Å². The summed E-state index contributed by atoms with van der Waals surface area (Å²) in [4.78, 5) is 13.6. The van der Waals surface area contributed by atoms with E-state index in [2.05, 4.69) is 15.3 Å². The first-order valence-corrected chi connectivity index (χ1v) is 6.67. The summed E-state index contributed by atoms with van der Waals surface area (Å²) >= 11 is 0. The molecule has 1 aromatic rings. The zero-order valence-corrected chi connectivity index (χ0v) is 12.2. The van der Waals surface area contributed by atoms with Gasteiger partial charge in [0.1, 0.15) is 6.61 Å². The van der Waals surface area contributed by atoms with Gasteiger partial charge in [-0.1, -0.05) is 0 Å². The van der Waals surface area contributed by atoms with Crippen LogP contribution in [-0.4, -0.2) is 64.6 Å². The van der Waals surface area contributed by atoms with E-state index in [1.54, 1.807) is 0 Å². The third-order valence-corrected chi connectivity index (χ3v) is 3.72. The van der Waals surface area contributed by atoms with Gasteiger partial charge in [-0.25, -0.2) is 0 Å². The Balaban J connectivity index is 1.90. The van der Waals surface area contributed by atoms with Crippen molar-refractivity contribution in [2.24, 2.45) is 7.05 Å². The molecule has 0 aliphatic carbocycles. The topological polar surface area (TPSA) is 79.6 Å². The van der Waals surface area contributed by atoms with Gasteiger partial charge < -0.3 is 15.2 Å². The smallest absolute Gasteiger partial charge is 0.246 e. The molecule has 1 aromatic heterocycles. The van der Waals surface area contributed by atoms with Gasteiger partial charge in [-0.05, 0) is 6.92 Å². The Morgan fingerprint density at radius 1 is 1.60 bits per heavy atom. The number of carbonyl (C=O) groups excluding carboxylic acids is 1. The Bertz CT molecular complexity index is 474. The molecule has 0 saturated carbocycles. The van der Waals surface area contributed by atoms with E-state index in [0.717, 1.165) is 17.8 Å². The van der Waals surface area contributed by atoms with Crippen LogP contribution >= 0.6 is 0 Å². The summed E-state index contributed by atoms with van der Waals surface area (Å²) in [6.07, 6.45) is 1.30. The minimum Gasteiger partial charge on any atom is -0.390 e. The Kier molecular flexibility index (Phi) is 4.74. The molecule has 112 valence electrons. The highest BCUT2D eigenvalue weighted by molar-refractivity contribution is 5.77. The minimum absolute atomic E-state index is 0.0188. The third kappa shape index (κ3) is 3.36. The van der Waals surface area contributed by atoms with Gasteiger partial charge in [-0.15, -0.1) is 0 Å². The van der Waals surface area contributed by atoms with Crippen LogP contribution in [0.4, 0.5) is 0 Å². The summed E-state index contributed by atoms with van der Waals surface area (Å²) in [5.41, 5.74) is 2.26. The molecule has 1 aliphatic rings. The molecule has 7 nitrogen and oxygen atoms in total. The fraction of sp³-hybridized carbons (Fsp3) is 0.692. The number of rotatable bonds is 5. The van der Waals surface area contributed by atoms with Crippen LogP contribution in [0, 0.1) is 6.92 Å². The first-order valence-electron chi connectivity index (χ1n) is 6.67. The van der Waals surface area contributed by atoms with Crippen LogP contribution in [0.5, 0.6) is 0 Å². The number of aromatic nitrogens is 2. The highest BCUT2D eigenvalue weighted by Gasteiger charge is 2.32. The molecule has 1 fully saturated rings. The predicted molar refractivity (Wildman–Crippen MR) is 73.0 cm³/mol. The van der Waals surface area contributed by atoms with Crippen LogP contribution in [-0.2, 0) is 23.1 Å². The number of aliphatic hydroxyl groups excluding tert-OH is 1. The van der Waals surface area contributed by atoms with Gasteiger partial charge in [0.05, 0.1) is 18.3 Å². The molecule has 7 heteroatoms. The quantitative estimate of drug-likeness (QED) is 0.727. The molecule has 0 unspecified atom stereocenters. The number of amides is 1. The molecule has 0 bridgehead atoms. The van der Waals surface area contributed by atoms with E-state index in [-0.39, 0.29) is 18.6 Å². The van der Waals surface area contributed by atoms with Crippen molar-refractivity contribution in [2.75, 3.05) is 26.8 Å². The van der Waals surface area contributed by atoms with Gasteiger partial charge in [0, 0.05) is 45.0 Å². The average Bonchev–Trinajstić information content (AvgIpc) is 2.88. The maximum Gasteiger partial charge on any atom is 0.246 e. The van der Waals surface area contributed by atoms with Crippen LogP contribution in [0.3, 0.4) is 0 Å². The molecule has 1 saturated heterocycles. The van der Waals surface area contributed by atoms with E-state index in [0.29, 0.717) is 13.1 Å². The lowest BCUT2D eigenvalue weighted by Crippen LogP contribution is -2.44. The summed E-state index contributed by atoms with van der Waals surface area (Å²) in [5, 5.41) is 17.0. The second-order valence-electron chi connectivity index (χ2n) is 5.25. The monoisotopic (exact) mass is 282 g/mol. The zero-order chi connectivity index (χ0) is 14.7. The fourth-order valence-electron chi connectivity index (χ4n) is 2.46. The van der Waals surface area contributed by atoms with E-state index < -0.39 is 6.10 Å². The zero-order valence-electron chi connectivity index (χ0n) is 12.2. The van der Waals surface area contributed by atoms with Crippen molar-refractivity contribution in [2.45, 2.75) is 25.6 Å². The summed E-state index contributed by atoms with van der Waals surface area (Å²) in [6.45, 7) is 3.95. The van der Waals surface area contributed by atoms with Gasteiger partial charge in [0.2, 0.25) is 5.91 Å². The van der Waals surface area contributed by atoms with Gasteiger partial charge in [0.15, 0.2) is 0 Å². The van der Waals surface area contributed by atoms with Gasteiger partial charge in [0.25, 0.3) is 0 Å². The molecule has 20 heavy (non-hydrogen) atoms. The Hall–Kier alpha value is -1.44. The largest absolute Gasteiger partial charge is 0.390 e. The number of aryl methyl sites for hydroxylation is 1. The summed E-state index contributed by atoms with van der Waals surface area (Å²) in [6, 6.07) is -0.241. The molecule has 0 spiro atoms. The number of likely N-dealkylation sites (tertiary alicyclic amines) is 1. The third-order valence-electron chi connectivity index (χ3n) is 3.72. The van der Waals surface area contributed by atoms with E-state index in [1.807, 2.05) is 24.9 Å². The van der Waals surface area contributed by atoms with Crippen molar-refractivity contribution in [3.63, 3.8) is 0 Å². The van der Waals surface area contributed by atoms with Crippen molar-refractivity contribution < 1.29 is 14.6 Å². The standard InChI is InChI=1S/C13H22N4O3/c1-9-10(4-14-16(9)2)5-17-6-11(12(18)7-17)15-13(19)8-20-3/h4,11-12,18H,5-8H2,1-3H3,(H,15,19)/t11-,12-/m1/s1. The lowest BCUT2D eigenvalue weighted by molar-refractivity contribution is -0.125. The van der Waals surface area contributed by atoms with Gasteiger partial charge >= 0.3 is 0 Å². The second kappa shape index (κ2) is 6.34. The number of β-amino-alcohol motifs (C(OH)–C–C–N with tert-alkyl or cyclic N) is 1. The second-order valence-corrected chi connectivity index (χ2v) is 5.25. The molecule has 0 radical (unpaired) electrons. The average molecular weight is 282 g/mol. The number of ether oxygens (including phenoxy) is 1. The molecule has 2 heterocycles. The molecule has 2 rings (SSSR count). The first-order chi connectivity index (χ1) is 9.51. The molecule has 1 amide bonds. The normalized spacial score (nSPS) is 23.2. The number of methoxy groups -OCH3 is 1. The summed E-state index contributed by atoms with van der Waals surface area (Å²) in [7, 11) is 3.38. The molecule has 0 aromatic carbocycles. The molecular weight excluding hydrogens is 260 g/mol. The van der Waals surface area contributed by atoms with E-state index in [9.17, 15) is 9.90 Å². The number of hydrogen-bond donors (Lipinski definition) is 2. The Labute approximate surface area is 118 Å². The summed E-state index contributed by atoms with van der Waals surface area (Å²) < 4.78 is 6.60. The SMILES string of the molecule is COCC(=O)N[C@@H]1CN(Cc2cnn(C)c2C)C[C@H]1O. The van der Waals surface area contributed by atoms with Gasteiger partial charge in [-0.2, -0.15) is 5.10 Å². The lowest BCUT2D eigenvalue weighted by atomic mass is 10.2. The maximum absolute atomic E-state index is 11.5. The summed E-state index contributed by atoms with van der Waals surface area (Å²) in [5.74, 6) is -0.198. The van der Waals surface area contributed by atoms with Crippen molar-refractivity contribution >= 4 is 5.91 Å².